The normalized spacial score (nSPS) is 13.7. The third-order valence-corrected chi connectivity index (χ3v) is 5.52. The number of carbonyl (C=O) groups is 1. The van der Waals surface area contributed by atoms with E-state index in [0.29, 0.717) is 5.56 Å². The Labute approximate surface area is 183 Å². The van der Waals surface area contributed by atoms with Gasteiger partial charge in [-0.2, -0.15) is 4.98 Å². The molecule has 6 heteroatoms. The Balaban J connectivity index is 1.44. The number of hydrogen-bond acceptors (Lipinski definition) is 5. The minimum atomic E-state index is -0.101. The summed E-state index contributed by atoms with van der Waals surface area (Å²) in [4.78, 5) is 24.2. The third kappa shape index (κ3) is 5.20. The molecule has 160 valence electrons. The fraction of sp³-hybridized carbons (Fsp3) is 0.320. The molecule has 1 aromatic heterocycles. The molecule has 2 N–H and O–H groups in total. The summed E-state index contributed by atoms with van der Waals surface area (Å²) in [5.41, 5.74) is 5.41. The molecule has 0 saturated carbocycles. The lowest BCUT2D eigenvalue weighted by atomic mass is 10.1. The predicted molar refractivity (Wildman–Crippen MR) is 126 cm³/mol. The van der Waals surface area contributed by atoms with Crippen molar-refractivity contribution in [1.82, 2.24) is 9.97 Å². The van der Waals surface area contributed by atoms with Gasteiger partial charge in [0.25, 0.3) is 5.91 Å². The molecular weight excluding hydrogens is 386 g/mol. The van der Waals surface area contributed by atoms with E-state index in [1.54, 1.807) is 0 Å². The van der Waals surface area contributed by atoms with Crippen LogP contribution in [0.2, 0.25) is 0 Å². The highest BCUT2D eigenvalue weighted by Crippen LogP contribution is 2.22. The minimum Gasteiger partial charge on any atom is -0.341 e. The number of aromatic nitrogens is 2. The fourth-order valence-corrected chi connectivity index (χ4v) is 3.90. The molecule has 3 aromatic rings. The molecule has 0 atom stereocenters. The van der Waals surface area contributed by atoms with Crippen molar-refractivity contribution in [3.63, 3.8) is 0 Å². The number of carbonyl (C=O) groups excluding carboxylic acids is 1. The number of nitrogens with one attached hydrogen (secondary N) is 2. The first-order chi connectivity index (χ1) is 15.0. The van der Waals surface area contributed by atoms with Gasteiger partial charge in [-0.1, -0.05) is 17.7 Å². The molecule has 1 aliphatic rings. The zero-order valence-electron chi connectivity index (χ0n) is 18.4. The van der Waals surface area contributed by atoms with E-state index in [1.807, 2.05) is 69.3 Å². The lowest BCUT2D eigenvalue weighted by molar-refractivity contribution is 0.102. The molecule has 4 rings (SSSR count). The number of benzene rings is 2. The molecule has 1 saturated heterocycles. The second-order valence-electron chi connectivity index (χ2n) is 8.22. The Hall–Kier alpha value is -3.41. The molecule has 0 aliphatic carbocycles. The quantitative estimate of drug-likeness (QED) is 0.585. The number of hydrogen-bond donors (Lipinski definition) is 2. The summed E-state index contributed by atoms with van der Waals surface area (Å²) in [5, 5.41) is 6.33. The Morgan fingerprint density at radius 1 is 0.871 bits per heavy atom. The Kier molecular flexibility index (Phi) is 6.16. The summed E-state index contributed by atoms with van der Waals surface area (Å²) in [6.07, 6.45) is 3.66. The highest BCUT2D eigenvalue weighted by atomic mass is 16.1. The van der Waals surface area contributed by atoms with E-state index < -0.39 is 0 Å². The zero-order chi connectivity index (χ0) is 21.8. The summed E-state index contributed by atoms with van der Waals surface area (Å²) in [6.45, 7) is 7.99. The maximum atomic E-state index is 12.6. The molecule has 1 aliphatic heterocycles. The van der Waals surface area contributed by atoms with E-state index in [9.17, 15) is 4.79 Å². The molecule has 0 bridgehead atoms. The maximum absolute atomic E-state index is 12.6. The first-order valence-electron chi connectivity index (χ1n) is 10.8. The highest BCUT2D eigenvalue weighted by Gasteiger charge is 2.15. The molecule has 2 aromatic carbocycles. The van der Waals surface area contributed by atoms with E-state index in [1.165, 1.54) is 19.3 Å². The average molecular weight is 416 g/mol. The molecule has 31 heavy (non-hydrogen) atoms. The molecular formula is C25H29N5O. The van der Waals surface area contributed by atoms with Crippen molar-refractivity contribution in [1.29, 1.82) is 0 Å². The molecule has 0 radical (unpaired) electrons. The van der Waals surface area contributed by atoms with E-state index >= 15 is 0 Å². The summed E-state index contributed by atoms with van der Waals surface area (Å²) in [7, 11) is 0. The fourth-order valence-electron chi connectivity index (χ4n) is 3.90. The SMILES string of the molecule is Cc1ccc(C(=O)Nc2ccc(Nc3cc(C)nc(N4CCCCC4)n3)cc2)c(C)c1. The lowest BCUT2D eigenvalue weighted by Gasteiger charge is -2.27. The van der Waals surface area contributed by atoms with Crippen LogP contribution < -0.4 is 15.5 Å². The number of nitrogens with zero attached hydrogens (tertiary/aromatic N) is 3. The van der Waals surface area contributed by atoms with Gasteiger partial charge in [-0.15, -0.1) is 0 Å². The second kappa shape index (κ2) is 9.16. The molecule has 6 nitrogen and oxygen atoms in total. The van der Waals surface area contributed by atoms with Crippen LogP contribution in [0.1, 0.15) is 46.4 Å². The van der Waals surface area contributed by atoms with Gasteiger partial charge in [-0.3, -0.25) is 4.79 Å². The van der Waals surface area contributed by atoms with Crippen molar-refractivity contribution < 1.29 is 4.79 Å². The first kappa shape index (κ1) is 20.8. The molecule has 2 heterocycles. The highest BCUT2D eigenvalue weighted by molar-refractivity contribution is 6.05. The van der Waals surface area contributed by atoms with Crippen LogP contribution in [0.25, 0.3) is 0 Å². The van der Waals surface area contributed by atoms with Crippen LogP contribution in [0, 0.1) is 20.8 Å². The summed E-state index contributed by atoms with van der Waals surface area (Å²) >= 11 is 0. The third-order valence-electron chi connectivity index (χ3n) is 5.52. The molecule has 1 fully saturated rings. The summed E-state index contributed by atoms with van der Waals surface area (Å²) in [6, 6.07) is 15.5. The summed E-state index contributed by atoms with van der Waals surface area (Å²) in [5.74, 6) is 1.47. The van der Waals surface area contributed by atoms with Crippen molar-refractivity contribution in [2.45, 2.75) is 40.0 Å². The number of amides is 1. The van der Waals surface area contributed by atoms with Gasteiger partial charge < -0.3 is 15.5 Å². The predicted octanol–water partition coefficient (Wildman–Crippen LogP) is 5.39. The van der Waals surface area contributed by atoms with Crippen molar-refractivity contribution in [2.75, 3.05) is 28.6 Å². The second-order valence-corrected chi connectivity index (χ2v) is 8.22. The molecule has 1 amide bonds. The van der Waals surface area contributed by atoms with E-state index in [2.05, 4.69) is 20.5 Å². The smallest absolute Gasteiger partial charge is 0.255 e. The van der Waals surface area contributed by atoms with Crippen LogP contribution in [0.3, 0.4) is 0 Å². The van der Waals surface area contributed by atoms with Crippen LogP contribution in [-0.2, 0) is 0 Å². The minimum absolute atomic E-state index is 0.101. The number of rotatable bonds is 5. The zero-order valence-corrected chi connectivity index (χ0v) is 18.4. The van der Waals surface area contributed by atoms with Gasteiger partial charge in [0.2, 0.25) is 5.95 Å². The Morgan fingerprint density at radius 3 is 2.29 bits per heavy atom. The average Bonchev–Trinajstić information content (AvgIpc) is 2.75. The van der Waals surface area contributed by atoms with Crippen molar-refractivity contribution in [3.05, 3.63) is 70.9 Å². The molecule has 0 spiro atoms. The number of anilines is 4. The standard InChI is InChI=1S/C25H29N5O/c1-17-7-12-22(18(2)15-17)24(31)28-21-10-8-20(9-11-21)27-23-16-19(3)26-25(29-23)30-13-5-4-6-14-30/h7-12,15-16H,4-6,13-14H2,1-3H3,(H,28,31)(H,26,27,29). The topological polar surface area (TPSA) is 70.2 Å². The molecule has 0 unspecified atom stereocenters. The largest absolute Gasteiger partial charge is 0.341 e. The van der Waals surface area contributed by atoms with Gasteiger partial charge in [0, 0.05) is 41.8 Å². The van der Waals surface area contributed by atoms with Gasteiger partial charge in [0.15, 0.2) is 0 Å². The van der Waals surface area contributed by atoms with Crippen LogP contribution in [0.5, 0.6) is 0 Å². The maximum Gasteiger partial charge on any atom is 0.255 e. The van der Waals surface area contributed by atoms with Crippen molar-refractivity contribution >= 4 is 29.0 Å². The number of aryl methyl sites for hydroxylation is 3. The van der Waals surface area contributed by atoms with Gasteiger partial charge in [0.1, 0.15) is 5.82 Å². The van der Waals surface area contributed by atoms with E-state index in [0.717, 1.165) is 53.1 Å². The first-order valence-corrected chi connectivity index (χ1v) is 10.8. The van der Waals surface area contributed by atoms with Crippen molar-refractivity contribution in [2.24, 2.45) is 0 Å². The van der Waals surface area contributed by atoms with E-state index in [-0.39, 0.29) is 5.91 Å². The van der Waals surface area contributed by atoms with Gasteiger partial charge in [-0.05, 0) is 75.9 Å². The Bertz CT molecular complexity index is 1070. The van der Waals surface area contributed by atoms with Crippen LogP contribution in [0.4, 0.5) is 23.1 Å². The van der Waals surface area contributed by atoms with Crippen LogP contribution in [0.15, 0.2) is 48.5 Å². The number of piperidine rings is 1. The van der Waals surface area contributed by atoms with Gasteiger partial charge in [-0.25, -0.2) is 4.98 Å². The Morgan fingerprint density at radius 2 is 1.58 bits per heavy atom. The van der Waals surface area contributed by atoms with E-state index in [4.69, 9.17) is 4.98 Å². The monoisotopic (exact) mass is 415 g/mol. The lowest BCUT2D eigenvalue weighted by Crippen LogP contribution is -2.31. The van der Waals surface area contributed by atoms with Gasteiger partial charge >= 0.3 is 0 Å². The van der Waals surface area contributed by atoms with Crippen molar-refractivity contribution in [3.8, 4) is 0 Å². The van der Waals surface area contributed by atoms with Crippen LogP contribution in [-0.4, -0.2) is 29.0 Å². The summed E-state index contributed by atoms with van der Waals surface area (Å²) < 4.78 is 0. The van der Waals surface area contributed by atoms with Gasteiger partial charge in [0.05, 0.1) is 0 Å². The van der Waals surface area contributed by atoms with Crippen LogP contribution >= 0.6 is 0 Å².